The number of hydrogen-bond acceptors (Lipinski definition) is 5. The van der Waals surface area contributed by atoms with Crippen molar-refractivity contribution in [1.82, 2.24) is 4.90 Å². The number of benzene rings is 2. The summed E-state index contributed by atoms with van der Waals surface area (Å²) >= 11 is 6.77. The number of hydrogen-bond donors (Lipinski definition) is 0. The van der Waals surface area contributed by atoms with Crippen LogP contribution < -0.4 is 9.47 Å². The maximum atomic E-state index is 12.3. The highest BCUT2D eigenvalue weighted by molar-refractivity contribution is 8.18. The summed E-state index contributed by atoms with van der Waals surface area (Å²) in [7, 11) is 0. The third-order valence-electron chi connectivity index (χ3n) is 4.00. The van der Waals surface area contributed by atoms with E-state index in [9.17, 15) is 9.59 Å². The molecule has 0 bridgehead atoms. The highest BCUT2D eigenvalue weighted by Gasteiger charge is 2.34. The molecule has 0 unspecified atom stereocenters. The molecule has 148 valence electrons. The lowest BCUT2D eigenvalue weighted by molar-refractivity contribution is -0.122. The summed E-state index contributed by atoms with van der Waals surface area (Å²) in [5.41, 5.74) is 1.70. The zero-order chi connectivity index (χ0) is 20.8. The number of thioether (sulfide) groups is 1. The van der Waals surface area contributed by atoms with E-state index in [1.165, 1.54) is 0 Å². The number of terminal acetylenes is 1. The Morgan fingerprint density at radius 1 is 1.14 bits per heavy atom. The first-order chi connectivity index (χ1) is 14.0. The van der Waals surface area contributed by atoms with E-state index in [4.69, 9.17) is 27.5 Å². The first-order valence-electron chi connectivity index (χ1n) is 8.84. The molecule has 1 aliphatic rings. The summed E-state index contributed by atoms with van der Waals surface area (Å²) < 4.78 is 11.6. The number of halogens is 1. The predicted molar refractivity (Wildman–Crippen MR) is 115 cm³/mol. The van der Waals surface area contributed by atoms with E-state index < -0.39 is 0 Å². The van der Waals surface area contributed by atoms with E-state index in [1.807, 2.05) is 19.1 Å². The van der Waals surface area contributed by atoms with Crippen LogP contribution in [-0.2, 0) is 11.4 Å². The minimum atomic E-state index is -0.390. The van der Waals surface area contributed by atoms with Crippen molar-refractivity contribution < 1.29 is 19.1 Å². The van der Waals surface area contributed by atoms with Gasteiger partial charge in [-0.1, -0.05) is 35.7 Å². The van der Waals surface area contributed by atoms with Crippen LogP contribution in [-0.4, -0.2) is 29.2 Å². The summed E-state index contributed by atoms with van der Waals surface area (Å²) in [6.45, 7) is 2.66. The Balaban J connectivity index is 1.79. The number of nitrogens with zero attached hydrogens (tertiary/aromatic N) is 1. The van der Waals surface area contributed by atoms with Gasteiger partial charge in [-0.15, -0.1) is 6.42 Å². The molecule has 1 aliphatic heterocycles. The first kappa shape index (κ1) is 20.8. The van der Waals surface area contributed by atoms with Gasteiger partial charge in [-0.25, -0.2) is 0 Å². The molecule has 0 spiro atoms. The largest absolute Gasteiger partial charge is 0.490 e. The predicted octanol–water partition coefficient (Wildman–Crippen LogP) is 4.99. The average molecular weight is 428 g/mol. The van der Waals surface area contributed by atoms with Gasteiger partial charge in [0.15, 0.2) is 11.5 Å². The van der Waals surface area contributed by atoms with Crippen molar-refractivity contribution in [2.45, 2.75) is 13.5 Å². The topological polar surface area (TPSA) is 55.8 Å². The molecule has 7 heteroatoms. The first-order valence-corrected chi connectivity index (χ1v) is 10.0. The van der Waals surface area contributed by atoms with Gasteiger partial charge in [0, 0.05) is 5.02 Å². The van der Waals surface area contributed by atoms with Gasteiger partial charge in [-0.2, -0.15) is 0 Å². The molecule has 0 aromatic heterocycles. The van der Waals surface area contributed by atoms with E-state index in [0.29, 0.717) is 34.6 Å². The monoisotopic (exact) mass is 427 g/mol. The Morgan fingerprint density at radius 2 is 1.90 bits per heavy atom. The van der Waals surface area contributed by atoms with Gasteiger partial charge in [0.05, 0.1) is 18.1 Å². The van der Waals surface area contributed by atoms with Gasteiger partial charge in [-0.05, 0) is 60.2 Å². The Morgan fingerprint density at radius 3 is 2.59 bits per heavy atom. The molecule has 0 aliphatic carbocycles. The zero-order valence-electron chi connectivity index (χ0n) is 15.7. The molecule has 0 radical (unpaired) electrons. The molecule has 2 aromatic carbocycles. The van der Waals surface area contributed by atoms with E-state index in [0.717, 1.165) is 27.8 Å². The van der Waals surface area contributed by atoms with Crippen molar-refractivity contribution in [1.29, 1.82) is 0 Å². The Kier molecular flexibility index (Phi) is 6.86. The van der Waals surface area contributed by atoms with Crippen molar-refractivity contribution >= 4 is 40.6 Å². The number of carbonyl (C=O) groups is 2. The molecule has 0 atom stereocenters. The van der Waals surface area contributed by atoms with Crippen LogP contribution in [0.3, 0.4) is 0 Å². The van der Waals surface area contributed by atoms with Crippen molar-refractivity contribution in [3.05, 3.63) is 63.5 Å². The lowest BCUT2D eigenvalue weighted by atomic mass is 10.1. The van der Waals surface area contributed by atoms with Crippen LogP contribution in [0.4, 0.5) is 4.79 Å². The van der Waals surface area contributed by atoms with Gasteiger partial charge in [-0.3, -0.25) is 14.5 Å². The number of imide groups is 1. The number of amides is 2. The maximum absolute atomic E-state index is 12.3. The number of rotatable bonds is 7. The summed E-state index contributed by atoms with van der Waals surface area (Å²) in [4.78, 5) is 25.6. The lowest BCUT2D eigenvalue weighted by Crippen LogP contribution is -2.28. The molecule has 0 saturated carbocycles. The highest BCUT2D eigenvalue weighted by atomic mass is 35.5. The highest BCUT2D eigenvalue weighted by Crippen LogP contribution is 2.34. The Hall–Kier alpha value is -2.88. The fourth-order valence-electron chi connectivity index (χ4n) is 2.62. The Bertz CT molecular complexity index is 995. The van der Waals surface area contributed by atoms with E-state index in [2.05, 4.69) is 5.92 Å². The van der Waals surface area contributed by atoms with Gasteiger partial charge in [0.1, 0.15) is 6.61 Å². The minimum Gasteiger partial charge on any atom is -0.490 e. The van der Waals surface area contributed by atoms with Crippen molar-refractivity contribution in [2.24, 2.45) is 0 Å². The summed E-state index contributed by atoms with van der Waals surface area (Å²) in [6.07, 6.45) is 6.86. The molecule has 1 saturated heterocycles. The number of ether oxygens (including phenoxy) is 2. The van der Waals surface area contributed by atoms with Crippen LogP contribution in [0.5, 0.6) is 11.5 Å². The summed E-state index contributed by atoms with van der Waals surface area (Å²) in [6, 6.07) is 12.7. The minimum absolute atomic E-state index is 0.0380. The number of carbonyl (C=O) groups excluding carboxylic acids is 2. The molecule has 1 heterocycles. The average Bonchev–Trinajstić information content (AvgIpc) is 2.97. The van der Waals surface area contributed by atoms with Crippen molar-refractivity contribution in [3.8, 4) is 23.8 Å². The summed E-state index contributed by atoms with van der Waals surface area (Å²) in [5, 5.41) is 0.298. The standard InChI is InChI=1S/C22H18ClNO4S/c1-3-11-24-21(25)20(29-22(24)26)13-16-7-10-18(19(12-16)27-4-2)28-14-15-5-8-17(23)9-6-15/h1,5-10,12-13H,4,11,14H2,2H3/b20-13+. The van der Waals surface area contributed by atoms with E-state index in [-0.39, 0.29) is 17.7 Å². The lowest BCUT2D eigenvalue weighted by Gasteiger charge is -2.13. The Labute approximate surface area is 178 Å². The molecular formula is C22H18ClNO4S. The SMILES string of the molecule is C#CCN1C(=O)S/C(=C/c2ccc(OCc3ccc(Cl)cc3)c(OCC)c2)C1=O. The van der Waals surface area contributed by atoms with Gasteiger partial charge in [0.25, 0.3) is 11.1 Å². The molecule has 3 rings (SSSR count). The normalized spacial score (nSPS) is 14.9. The maximum Gasteiger partial charge on any atom is 0.294 e. The third-order valence-corrected chi connectivity index (χ3v) is 5.16. The van der Waals surface area contributed by atoms with Gasteiger partial charge >= 0.3 is 0 Å². The molecule has 0 N–H and O–H groups in total. The second-order valence-corrected chi connectivity index (χ2v) is 7.46. The smallest absolute Gasteiger partial charge is 0.294 e. The molecule has 5 nitrogen and oxygen atoms in total. The third kappa shape index (κ3) is 5.14. The quantitative estimate of drug-likeness (QED) is 0.460. The van der Waals surface area contributed by atoms with Gasteiger partial charge < -0.3 is 9.47 Å². The molecule has 2 aromatic rings. The van der Waals surface area contributed by atoms with Gasteiger partial charge in [0.2, 0.25) is 0 Å². The fraction of sp³-hybridized carbons (Fsp3) is 0.182. The van der Waals surface area contributed by atoms with Crippen LogP contribution in [0.2, 0.25) is 5.02 Å². The molecule has 1 fully saturated rings. The van der Waals surface area contributed by atoms with Crippen LogP contribution >= 0.6 is 23.4 Å². The fourth-order valence-corrected chi connectivity index (χ4v) is 3.59. The summed E-state index contributed by atoms with van der Waals surface area (Å²) in [5.74, 6) is 3.07. The van der Waals surface area contributed by atoms with Crippen LogP contribution in [0.25, 0.3) is 6.08 Å². The van der Waals surface area contributed by atoms with E-state index >= 15 is 0 Å². The van der Waals surface area contributed by atoms with Crippen molar-refractivity contribution in [2.75, 3.05) is 13.2 Å². The molecule has 2 amide bonds. The van der Waals surface area contributed by atoms with Crippen LogP contribution in [0.15, 0.2) is 47.4 Å². The second-order valence-electron chi connectivity index (χ2n) is 6.03. The van der Waals surface area contributed by atoms with E-state index in [1.54, 1.807) is 36.4 Å². The molecular weight excluding hydrogens is 410 g/mol. The van der Waals surface area contributed by atoms with Crippen LogP contribution in [0.1, 0.15) is 18.1 Å². The molecule has 29 heavy (non-hydrogen) atoms. The van der Waals surface area contributed by atoms with Crippen molar-refractivity contribution in [3.63, 3.8) is 0 Å². The zero-order valence-corrected chi connectivity index (χ0v) is 17.3. The second kappa shape index (κ2) is 9.55. The van der Waals surface area contributed by atoms with Crippen LogP contribution in [0, 0.1) is 12.3 Å².